The first-order valence-electron chi connectivity index (χ1n) is 6.91. The van der Waals surface area contributed by atoms with Crippen molar-refractivity contribution >= 4 is 15.6 Å². The molecule has 0 spiro atoms. The second kappa shape index (κ2) is 5.57. The smallest absolute Gasteiger partial charge is 0.233 e. The molecular weight excluding hydrogens is 288 g/mol. The zero-order valence-electron chi connectivity index (χ0n) is 11.7. The van der Waals surface area contributed by atoms with Gasteiger partial charge in [-0.1, -0.05) is 6.08 Å². The van der Waals surface area contributed by atoms with Crippen LogP contribution in [-0.4, -0.2) is 51.8 Å². The number of hydrogen-bond acceptors (Lipinski definition) is 5. The van der Waals surface area contributed by atoms with E-state index in [0.717, 1.165) is 5.69 Å². The zero-order chi connectivity index (χ0) is 14.9. The van der Waals surface area contributed by atoms with Crippen LogP contribution in [0.1, 0.15) is 12.1 Å². The summed E-state index contributed by atoms with van der Waals surface area (Å²) in [5.74, 6) is 1.17. The Labute approximate surface area is 124 Å². The van der Waals surface area contributed by atoms with Crippen LogP contribution in [0.4, 0.5) is 0 Å². The first-order chi connectivity index (χ1) is 10.1. The molecule has 7 heteroatoms. The van der Waals surface area contributed by atoms with Crippen molar-refractivity contribution in [2.75, 3.05) is 18.1 Å². The first kappa shape index (κ1) is 14.2. The number of fused-ring (bicyclic) bond motifs is 1. The van der Waals surface area contributed by atoms with Gasteiger partial charge >= 0.3 is 0 Å². The van der Waals surface area contributed by atoms with Gasteiger partial charge in [0.1, 0.15) is 0 Å². The average Bonchev–Trinajstić information content (AvgIpc) is 3.02. The summed E-state index contributed by atoms with van der Waals surface area (Å²) in [5.41, 5.74) is 1.00. The summed E-state index contributed by atoms with van der Waals surface area (Å²) in [5, 5.41) is 0. The number of aromatic nitrogens is 3. The van der Waals surface area contributed by atoms with Gasteiger partial charge in [-0.25, -0.2) is 18.4 Å². The Balaban J connectivity index is 1.84. The number of sulfone groups is 1. The Hall–Kier alpha value is -1.73. The lowest BCUT2D eigenvalue weighted by Gasteiger charge is -2.26. The molecule has 0 aromatic carbocycles. The van der Waals surface area contributed by atoms with E-state index in [4.69, 9.17) is 0 Å². The molecule has 1 aliphatic heterocycles. The molecule has 3 rings (SSSR count). The molecule has 1 unspecified atom stereocenters. The largest absolute Gasteiger partial charge is 0.290 e. The van der Waals surface area contributed by atoms with Gasteiger partial charge in [0.05, 0.1) is 23.4 Å². The molecule has 0 radical (unpaired) electrons. The summed E-state index contributed by atoms with van der Waals surface area (Å²) in [7, 11) is -2.89. The highest BCUT2D eigenvalue weighted by atomic mass is 32.2. The van der Waals surface area contributed by atoms with Gasteiger partial charge in [-0.15, -0.1) is 6.58 Å². The standard InChI is InChI=1S/C14H18N4O2S/c1-2-6-17(12-4-8-21(19,20)11-12)10-13-9-16-14-15-5-3-7-18(13)14/h2-3,5,7,9,12H,1,4,6,8,10-11H2. The van der Waals surface area contributed by atoms with Gasteiger partial charge < -0.3 is 0 Å². The minimum absolute atomic E-state index is 0.0511. The fraction of sp³-hybridized carbons (Fsp3) is 0.429. The van der Waals surface area contributed by atoms with Gasteiger partial charge in [0.25, 0.3) is 0 Å². The van der Waals surface area contributed by atoms with Crippen molar-refractivity contribution in [2.24, 2.45) is 0 Å². The summed E-state index contributed by atoms with van der Waals surface area (Å²) in [6.45, 7) is 5.07. The van der Waals surface area contributed by atoms with Crippen molar-refractivity contribution in [1.29, 1.82) is 0 Å². The normalized spacial score (nSPS) is 21.1. The maximum absolute atomic E-state index is 11.7. The predicted molar refractivity (Wildman–Crippen MR) is 80.7 cm³/mol. The Morgan fingerprint density at radius 2 is 2.33 bits per heavy atom. The third kappa shape index (κ3) is 2.98. The monoisotopic (exact) mass is 306 g/mol. The summed E-state index contributed by atoms with van der Waals surface area (Å²) in [4.78, 5) is 10.6. The van der Waals surface area contributed by atoms with Crippen LogP contribution in [0.25, 0.3) is 5.78 Å². The van der Waals surface area contributed by atoms with E-state index in [1.165, 1.54) is 0 Å². The van der Waals surface area contributed by atoms with E-state index >= 15 is 0 Å². The van der Waals surface area contributed by atoms with Gasteiger partial charge in [-0.2, -0.15) is 0 Å². The number of imidazole rings is 1. The maximum atomic E-state index is 11.7. The maximum Gasteiger partial charge on any atom is 0.233 e. The molecule has 21 heavy (non-hydrogen) atoms. The van der Waals surface area contributed by atoms with Crippen LogP contribution in [0, 0.1) is 0 Å². The molecular formula is C14H18N4O2S. The minimum atomic E-state index is -2.89. The summed E-state index contributed by atoms with van der Waals surface area (Å²) >= 11 is 0. The molecule has 2 aromatic rings. The molecule has 6 nitrogen and oxygen atoms in total. The third-order valence-electron chi connectivity index (χ3n) is 3.82. The average molecular weight is 306 g/mol. The third-order valence-corrected chi connectivity index (χ3v) is 5.57. The number of nitrogens with zero attached hydrogens (tertiary/aromatic N) is 4. The van der Waals surface area contributed by atoms with E-state index in [0.29, 0.717) is 25.3 Å². The topological polar surface area (TPSA) is 67.6 Å². The fourth-order valence-corrected chi connectivity index (χ4v) is 4.54. The highest BCUT2D eigenvalue weighted by Gasteiger charge is 2.32. The Kier molecular flexibility index (Phi) is 3.77. The molecule has 0 bridgehead atoms. The molecule has 2 aromatic heterocycles. The first-order valence-corrected chi connectivity index (χ1v) is 8.73. The Morgan fingerprint density at radius 3 is 3.05 bits per heavy atom. The second-order valence-electron chi connectivity index (χ2n) is 5.31. The van der Waals surface area contributed by atoms with Crippen molar-refractivity contribution in [3.8, 4) is 0 Å². The summed E-state index contributed by atoms with van der Waals surface area (Å²) in [6.07, 6.45) is 7.92. The molecule has 3 heterocycles. The van der Waals surface area contributed by atoms with Gasteiger partial charge in [0.2, 0.25) is 5.78 Å². The van der Waals surface area contributed by atoms with Crippen molar-refractivity contribution in [1.82, 2.24) is 19.3 Å². The molecule has 0 aliphatic carbocycles. The van der Waals surface area contributed by atoms with E-state index in [-0.39, 0.29) is 17.5 Å². The van der Waals surface area contributed by atoms with E-state index in [9.17, 15) is 8.42 Å². The van der Waals surface area contributed by atoms with Crippen molar-refractivity contribution in [3.63, 3.8) is 0 Å². The predicted octanol–water partition coefficient (Wildman–Crippen LogP) is 0.904. The van der Waals surface area contributed by atoms with Gasteiger partial charge in [0, 0.05) is 31.5 Å². The van der Waals surface area contributed by atoms with Gasteiger partial charge in [-0.05, 0) is 12.5 Å². The van der Waals surface area contributed by atoms with Crippen LogP contribution in [0.2, 0.25) is 0 Å². The fourth-order valence-electron chi connectivity index (χ4n) is 2.77. The molecule has 0 amide bonds. The van der Waals surface area contributed by atoms with Crippen LogP contribution >= 0.6 is 0 Å². The molecule has 112 valence electrons. The highest BCUT2D eigenvalue weighted by Crippen LogP contribution is 2.20. The van der Waals surface area contributed by atoms with Gasteiger partial charge in [-0.3, -0.25) is 9.30 Å². The number of rotatable bonds is 5. The SMILES string of the molecule is C=CCN(Cc1cnc2ncccn12)C1CCS(=O)(=O)C1. The summed E-state index contributed by atoms with van der Waals surface area (Å²) in [6, 6.07) is 1.91. The zero-order valence-corrected chi connectivity index (χ0v) is 12.5. The van der Waals surface area contributed by atoms with E-state index < -0.39 is 9.84 Å². The second-order valence-corrected chi connectivity index (χ2v) is 7.54. The number of hydrogen-bond donors (Lipinski definition) is 0. The molecule has 1 saturated heterocycles. The molecule has 1 atom stereocenters. The lowest BCUT2D eigenvalue weighted by molar-refractivity contribution is 0.223. The van der Waals surface area contributed by atoms with Crippen molar-refractivity contribution in [3.05, 3.63) is 43.0 Å². The molecule has 1 fully saturated rings. The molecule has 0 N–H and O–H groups in total. The van der Waals surface area contributed by atoms with Crippen LogP contribution in [-0.2, 0) is 16.4 Å². The van der Waals surface area contributed by atoms with Crippen LogP contribution < -0.4 is 0 Å². The minimum Gasteiger partial charge on any atom is -0.290 e. The Bertz CT molecular complexity index is 753. The van der Waals surface area contributed by atoms with E-state index in [1.807, 2.05) is 22.7 Å². The van der Waals surface area contributed by atoms with Crippen LogP contribution in [0.5, 0.6) is 0 Å². The summed E-state index contributed by atoms with van der Waals surface area (Å²) < 4.78 is 25.3. The van der Waals surface area contributed by atoms with E-state index in [2.05, 4.69) is 21.4 Å². The van der Waals surface area contributed by atoms with Crippen LogP contribution in [0.15, 0.2) is 37.3 Å². The quantitative estimate of drug-likeness (QED) is 0.768. The van der Waals surface area contributed by atoms with Crippen molar-refractivity contribution < 1.29 is 8.42 Å². The Morgan fingerprint density at radius 1 is 1.48 bits per heavy atom. The molecule has 0 saturated carbocycles. The lowest BCUT2D eigenvalue weighted by atomic mass is 10.2. The van der Waals surface area contributed by atoms with E-state index in [1.54, 1.807) is 12.4 Å². The van der Waals surface area contributed by atoms with Gasteiger partial charge in [0.15, 0.2) is 9.84 Å². The van der Waals surface area contributed by atoms with Crippen molar-refractivity contribution in [2.45, 2.75) is 19.0 Å². The van der Waals surface area contributed by atoms with Crippen LogP contribution in [0.3, 0.4) is 0 Å². The molecule has 1 aliphatic rings. The lowest BCUT2D eigenvalue weighted by Crippen LogP contribution is -2.36. The highest BCUT2D eigenvalue weighted by molar-refractivity contribution is 7.91.